The highest BCUT2D eigenvalue weighted by Gasteiger charge is 2.38. The molecule has 2 aromatic heterocycles. The maximum Gasteiger partial charge on any atom is 0.267 e. The number of nitrogens with one attached hydrogen (secondary N) is 1. The minimum atomic E-state index is -0.268. The Morgan fingerprint density at radius 3 is 2.81 bits per heavy atom. The first-order valence-electron chi connectivity index (χ1n) is 10.6. The van der Waals surface area contributed by atoms with E-state index in [1.807, 2.05) is 19.9 Å². The summed E-state index contributed by atoms with van der Waals surface area (Å²) < 4.78 is 2.04. The van der Waals surface area contributed by atoms with Gasteiger partial charge in [-0.2, -0.15) is 0 Å². The lowest BCUT2D eigenvalue weighted by Gasteiger charge is -2.22. The fraction of sp³-hybridized carbons (Fsp3) is 0.455. The summed E-state index contributed by atoms with van der Waals surface area (Å²) >= 11 is 6.73. The number of carbonyl (C=O) groups is 1. The second-order valence-electron chi connectivity index (χ2n) is 7.99. The van der Waals surface area contributed by atoms with Crippen LogP contribution in [0.3, 0.4) is 0 Å². The molecule has 0 aromatic carbocycles. The van der Waals surface area contributed by atoms with Gasteiger partial charge >= 0.3 is 0 Å². The van der Waals surface area contributed by atoms with E-state index in [4.69, 9.17) is 12.2 Å². The van der Waals surface area contributed by atoms with E-state index in [0.29, 0.717) is 32.7 Å². The molecular weight excluding hydrogens is 432 g/mol. The molecule has 1 atom stereocenters. The predicted molar refractivity (Wildman–Crippen MR) is 128 cm³/mol. The molecular formula is C22H26N4O3S2. The van der Waals surface area contributed by atoms with Crippen molar-refractivity contribution in [3.63, 3.8) is 0 Å². The summed E-state index contributed by atoms with van der Waals surface area (Å²) in [4.78, 5) is 33.4. The van der Waals surface area contributed by atoms with Crippen molar-refractivity contribution in [2.45, 2.75) is 58.0 Å². The van der Waals surface area contributed by atoms with Crippen molar-refractivity contribution < 1.29 is 9.90 Å². The van der Waals surface area contributed by atoms with Gasteiger partial charge in [0.05, 0.1) is 23.1 Å². The molecule has 1 saturated heterocycles. The first-order valence-corrected chi connectivity index (χ1v) is 11.8. The molecule has 0 spiro atoms. The molecule has 1 unspecified atom stereocenters. The van der Waals surface area contributed by atoms with Crippen LogP contribution in [0.15, 0.2) is 28.0 Å². The van der Waals surface area contributed by atoms with Crippen LogP contribution in [0, 0.1) is 6.92 Å². The summed E-state index contributed by atoms with van der Waals surface area (Å²) in [7, 11) is 0. The van der Waals surface area contributed by atoms with Gasteiger partial charge in [0, 0.05) is 12.2 Å². The zero-order valence-electron chi connectivity index (χ0n) is 17.6. The van der Waals surface area contributed by atoms with Crippen LogP contribution >= 0.6 is 24.0 Å². The van der Waals surface area contributed by atoms with Crippen molar-refractivity contribution in [3.05, 3.63) is 44.7 Å². The van der Waals surface area contributed by atoms with Gasteiger partial charge in [-0.15, -0.1) is 0 Å². The van der Waals surface area contributed by atoms with Crippen LogP contribution in [0.5, 0.6) is 0 Å². The standard InChI is InChI=1S/C22H26N4O3S2/c1-3-14(12-27)23-18-16(20(28)25-10-6-7-13(2)19(25)24-18)11-17-21(29)26(22(30)31-17)15-8-4-5-9-15/h6-7,10-11,14-15,23,27H,3-5,8-9,12H2,1-2H3/b17-11-. The number of amides is 1. The van der Waals surface area contributed by atoms with Crippen LogP contribution in [0.4, 0.5) is 5.82 Å². The number of thioether (sulfide) groups is 1. The SMILES string of the molecule is CCC(CO)Nc1nc2c(C)cccn2c(=O)c1/C=C1\SC(=S)N(C2CCCC2)C1=O. The Hall–Kier alpha value is -2.23. The van der Waals surface area contributed by atoms with Crippen molar-refractivity contribution in [1.82, 2.24) is 14.3 Å². The number of thiocarbonyl (C=S) groups is 1. The molecule has 1 amide bonds. The van der Waals surface area contributed by atoms with Crippen LogP contribution in [0.25, 0.3) is 11.7 Å². The van der Waals surface area contributed by atoms with Crippen molar-refractivity contribution in [2.24, 2.45) is 0 Å². The Balaban J connectivity index is 1.82. The van der Waals surface area contributed by atoms with Gasteiger partial charge in [0.2, 0.25) is 0 Å². The van der Waals surface area contributed by atoms with E-state index in [9.17, 15) is 14.7 Å². The third-order valence-electron chi connectivity index (χ3n) is 5.93. The van der Waals surface area contributed by atoms with Gasteiger partial charge in [0.1, 0.15) is 15.8 Å². The summed E-state index contributed by atoms with van der Waals surface area (Å²) in [5.74, 6) is 0.224. The number of carbonyl (C=O) groups excluding carboxylic acids is 1. The lowest BCUT2D eigenvalue weighted by molar-refractivity contribution is -0.123. The molecule has 31 heavy (non-hydrogen) atoms. The molecule has 1 aliphatic carbocycles. The number of aliphatic hydroxyl groups excluding tert-OH is 1. The first-order chi connectivity index (χ1) is 14.9. The van der Waals surface area contributed by atoms with E-state index in [2.05, 4.69) is 10.3 Å². The van der Waals surface area contributed by atoms with Gasteiger partial charge in [-0.1, -0.05) is 49.8 Å². The summed E-state index contributed by atoms with van der Waals surface area (Å²) in [6.45, 7) is 3.75. The van der Waals surface area contributed by atoms with Crippen LogP contribution in [0.2, 0.25) is 0 Å². The van der Waals surface area contributed by atoms with Gasteiger partial charge in [-0.05, 0) is 43.9 Å². The smallest absolute Gasteiger partial charge is 0.267 e. The molecule has 7 nitrogen and oxygen atoms in total. The molecule has 0 bridgehead atoms. The van der Waals surface area contributed by atoms with E-state index in [1.54, 1.807) is 23.2 Å². The summed E-state index contributed by atoms with van der Waals surface area (Å²) in [5, 5.41) is 12.8. The number of aromatic nitrogens is 2. The van der Waals surface area contributed by atoms with Crippen molar-refractivity contribution >= 4 is 51.7 Å². The summed E-state index contributed by atoms with van der Waals surface area (Å²) in [5.41, 5.74) is 1.43. The largest absolute Gasteiger partial charge is 0.394 e. The van der Waals surface area contributed by atoms with E-state index in [0.717, 1.165) is 31.2 Å². The number of hydrogen-bond donors (Lipinski definition) is 2. The third-order valence-corrected chi connectivity index (χ3v) is 7.26. The Morgan fingerprint density at radius 2 is 2.13 bits per heavy atom. The van der Waals surface area contributed by atoms with Gasteiger partial charge in [-0.3, -0.25) is 18.9 Å². The van der Waals surface area contributed by atoms with E-state index < -0.39 is 0 Å². The Bertz CT molecular complexity index is 1120. The zero-order chi connectivity index (χ0) is 22.1. The van der Waals surface area contributed by atoms with E-state index >= 15 is 0 Å². The maximum absolute atomic E-state index is 13.4. The molecule has 2 N–H and O–H groups in total. The van der Waals surface area contributed by atoms with Gasteiger partial charge in [0.25, 0.3) is 11.5 Å². The third kappa shape index (κ3) is 4.14. The molecule has 2 aliphatic rings. The van der Waals surface area contributed by atoms with Crippen LogP contribution < -0.4 is 10.9 Å². The molecule has 9 heteroatoms. The minimum Gasteiger partial charge on any atom is -0.394 e. The number of anilines is 1. The lowest BCUT2D eigenvalue weighted by Crippen LogP contribution is -2.36. The average molecular weight is 459 g/mol. The highest BCUT2D eigenvalue weighted by Crippen LogP contribution is 2.38. The maximum atomic E-state index is 13.4. The minimum absolute atomic E-state index is 0.0887. The van der Waals surface area contributed by atoms with Crippen LogP contribution in [0.1, 0.15) is 50.2 Å². The van der Waals surface area contributed by atoms with E-state index in [1.165, 1.54) is 16.2 Å². The molecule has 1 aliphatic heterocycles. The second kappa shape index (κ2) is 9.10. The Kier molecular flexibility index (Phi) is 6.45. The van der Waals surface area contributed by atoms with Crippen LogP contribution in [-0.2, 0) is 4.79 Å². The molecule has 2 aromatic rings. The highest BCUT2D eigenvalue weighted by atomic mass is 32.2. The summed E-state index contributed by atoms with van der Waals surface area (Å²) in [6.07, 6.45) is 8.06. The normalized spacial score (nSPS) is 19.7. The fourth-order valence-electron chi connectivity index (χ4n) is 4.11. The number of rotatable bonds is 6. The van der Waals surface area contributed by atoms with Crippen molar-refractivity contribution in [1.29, 1.82) is 0 Å². The monoisotopic (exact) mass is 458 g/mol. The van der Waals surface area contributed by atoms with Gasteiger partial charge < -0.3 is 10.4 Å². The number of aliphatic hydroxyl groups is 1. The first kappa shape index (κ1) is 22.0. The zero-order valence-corrected chi connectivity index (χ0v) is 19.3. The number of fused-ring (bicyclic) bond motifs is 1. The Morgan fingerprint density at radius 1 is 1.39 bits per heavy atom. The van der Waals surface area contributed by atoms with Gasteiger partial charge in [0.15, 0.2) is 0 Å². The van der Waals surface area contributed by atoms with Gasteiger partial charge in [-0.25, -0.2) is 4.98 Å². The molecule has 1 saturated carbocycles. The quantitative estimate of drug-likeness (QED) is 0.507. The fourth-order valence-corrected chi connectivity index (χ4v) is 5.49. The lowest BCUT2D eigenvalue weighted by atomic mass is 10.2. The number of hydrogen-bond acceptors (Lipinski definition) is 7. The molecule has 0 radical (unpaired) electrons. The molecule has 3 heterocycles. The van der Waals surface area contributed by atoms with Crippen molar-refractivity contribution in [2.75, 3.05) is 11.9 Å². The van der Waals surface area contributed by atoms with Crippen LogP contribution in [-0.4, -0.2) is 48.3 Å². The molecule has 2 fully saturated rings. The summed E-state index contributed by atoms with van der Waals surface area (Å²) in [6, 6.07) is 3.58. The molecule has 164 valence electrons. The average Bonchev–Trinajstić information content (AvgIpc) is 3.37. The van der Waals surface area contributed by atoms with E-state index in [-0.39, 0.29) is 30.2 Å². The Labute approximate surface area is 190 Å². The molecule has 4 rings (SSSR count). The number of pyridine rings is 1. The second-order valence-corrected chi connectivity index (χ2v) is 9.66. The number of aryl methyl sites for hydroxylation is 1. The highest BCUT2D eigenvalue weighted by molar-refractivity contribution is 8.26. The number of nitrogens with zero attached hydrogens (tertiary/aromatic N) is 3. The topological polar surface area (TPSA) is 86.9 Å². The van der Waals surface area contributed by atoms with Crippen molar-refractivity contribution in [3.8, 4) is 0 Å². The predicted octanol–water partition coefficient (Wildman–Crippen LogP) is 3.33.